The highest BCUT2D eigenvalue weighted by atomic mass is 16.5. The Labute approximate surface area is 156 Å². The van der Waals surface area contributed by atoms with Gasteiger partial charge in [0, 0.05) is 5.56 Å². The molecule has 0 N–H and O–H groups in total. The molecule has 0 atom stereocenters. The molecule has 0 radical (unpaired) electrons. The van der Waals surface area contributed by atoms with Gasteiger partial charge in [0.1, 0.15) is 12.4 Å². The van der Waals surface area contributed by atoms with Gasteiger partial charge in [-0.05, 0) is 63.5 Å². The van der Waals surface area contributed by atoms with Crippen LogP contribution in [0.5, 0.6) is 5.75 Å². The van der Waals surface area contributed by atoms with E-state index in [1.54, 1.807) is 0 Å². The number of benzene rings is 1. The van der Waals surface area contributed by atoms with E-state index in [9.17, 15) is 4.79 Å². The second kappa shape index (κ2) is 9.23. The molecule has 3 heteroatoms. The first-order chi connectivity index (χ1) is 12.4. The number of hydrogen-bond acceptors (Lipinski definition) is 3. The van der Waals surface area contributed by atoms with Crippen LogP contribution in [0.4, 0.5) is 0 Å². The molecule has 0 fully saturated rings. The highest BCUT2D eigenvalue weighted by molar-refractivity contribution is 5.71. The van der Waals surface area contributed by atoms with Gasteiger partial charge < -0.3 is 9.47 Å². The van der Waals surface area contributed by atoms with E-state index in [4.69, 9.17) is 9.47 Å². The molecule has 3 nitrogen and oxygen atoms in total. The minimum atomic E-state index is -0.194. The SMILES string of the molecule is CCOC(=O)C/C=C(C)/C=C/C=C(\C)C1=Cc2cc(C)cc(C)c2OC1. The summed E-state index contributed by atoms with van der Waals surface area (Å²) in [6.07, 6.45) is 10.5. The molecule has 1 aliphatic rings. The number of rotatable bonds is 6. The normalized spacial score (nSPS) is 14.7. The molecule has 1 aromatic carbocycles. The molecule has 1 aromatic rings. The third kappa shape index (κ3) is 5.48. The van der Waals surface area contributed by atoms with Gasteiger partial charge in [0.15, 0.2) is 0 Å². The zero-order valence-corrected chi connectivity index (χ0v) is 16.4. The maximum Gasteiger partial charge on any atom is 0.309 e. The summed E-state index contributed by atoms with van der Waals surface area (Å²) in [6, 6.07) is 4.31. The Morgan fingerprint density at radius 3 is 2.77 bits per heavy atom. The van der Waals surface area contributed by atoms with Crippen molar-refractivity contribution in [3.63, 3.8) is 0 Å². The van der Waals surface area contributed by atoms with Gasteiger partial charge in [-0.2, -0.15) is 0 Å². The number of carbonyl (C=O) groups is 1. The number of fused-ring (bicyclic) bond motifs is 1. The summed E-state index contributed by atoms with van der Waals surface area (Å²) in [5.74, 6) is 0.793. The molecule has 0 spiro atoms. The van der Waals surface area contributed by atoms with Crippen LogP contribution in [0.25, 0.3) is 6.08 Å². The fourth-order valence-corrected chi connectivity index (χ4v) is 2.88. The summed E-state index contributed by atoms with van der Waals surface area (Å²) in [7, 11) is 0. The first kappa shape index (κ1) is 19.8. The minimum Gasteiger partial charge on any atom is -0.488 e. The van der Waals surface area contributed by atoms with Crippen molar-refractivity contribution in [2.45, 2.75) is 41.0 Å². The molecule has 2 rings (SSSR count). The van der Waals surface area contributed by atoms with Crippen molar-refractivity contribution in [3.8, 4) is 5.75 Å². The minimum absolute atomic E-state index is 0.194. The molecule has 138 valence electrons. The number of carbonyl (C=O) groups excluding carboxylic acids is 1. The lowest BCUT2D eigenvalue weighted by molar-refractivity contribution is -0.142. The predicted octanol–water partition coefficient (Wildman–Crippen LogP) is 5.48. The molecule has 0 saturated carbocycles. The van der Waals surface area contributed by atoms with Gasteiger partial charge in [0.25, 0.3) is 0 Å². The third-order valence-corrected chi connectivity index (χ3v) is 4.26. The summed E-state index contributed by atoms with van der Waals surface area (Å²) in [6.45, 7) is 11.1. The van der Waals surface area contributed by atoms with E-state index in [0.29, 0.717) is 19.6 Å². The molecule has 0 unspecified atom stereocenters. The van der Waals surface area contributed by atoms with Gasteiger partial charge >= 0.3 is 5.97 Å². The van der Waals surface area contributed by atoms with E-state index in [-0.39, 0.29) is 5.97 Å². The first-order valence-corrected chi connectivity index (χ1v) is 9.03. The Kier molecular flexibility index (Phi) is 7.02. The van der Waals surface area contributed by atoms with Crippen molar-refractivity contribution in [1.82, 2.24) is 0 Å². The van der Waals surface area contributed by atoms with E-state index < -0.39 is 0 Å². The molecule has 0 bridgehead atoms. The smallest absolute Gasteiger partial charge is 0.309 e. The van der Waals surface area contributed by atoms with E-state index in [1.807, 2.05) is 32.1 Å². The van der Waals surface area contributed by atoms with Gasteiger partial charge in [0.05, 0.1) is 13.0 Å². The Morgan fingerprint density at radius 1 is 1.27 bits per heavy atom. The van der Waals surface area contributed by atoms with Gasteiger partial charge in [-0.15, -0.1) is 0 Å². The van der Waals surface area contributed by atoms with Gasteiger partial charge in [-0.1, -0.05) is 41.5 Å². The lowest BCUT2D eigenvalue weighted by Gasteiger charge is -2.20. The summed E-state index contributed by atoms with van der Waals surface area (Å²) in [5, 5.41) is 0. The first-order valence-electron chi connectivity index (χ1n) is 9.03. The maximum absolute atomic E-state index is 11.4. The van der Waals surface area contributed by atoms with Crippen LogP contribution in [0.2, 0.25) is 0 Å². The average Bonchev–Trinajstić information content (AvgIpc) is 2.59. The lowest BCUT2D eigenvalue weighted by atomic mass is 9.98. The van der Waals surface area contributed by atoms with Gasteiger partial charge in [-0.3, -0.25) is 4.79 Å². The van der Waals surface area contributed by atoms with Crippen molar-refractivity contribution < 1.29 is 14.3 Å². The summed E-state index contributed by atoms with van der Waals surface area (Å²) in [5.41, 5.74) is 6.95. The standard InChI is InChI=1S/C23H28O3/c1-6-25-22(24)11-10-16(2)8-7-9-18(4)21-14-20-13-17(3)12-19(5)23(20)26-15-21/h7-10,12-14H,6,11,15H2,1-5H3/b8-7+,16-10+,18-9+. The van der Waals surface area contributed by atoms with Gasteiger partial charge in [0.2, 0.25) is 0 Å². The third-order valence-electron chi connectivity index (χ3n) is 4.26. The van der Waals surface area contributed by atoms with Crippen molar-refractivity contribution in [1.29, 1.82) is 0 Å². The topological polar surface area (TPSA) is 35.5 Å². The largest absolute Gasteiger partial charge is 0.488 e. The van der Waals surface area contributed by atoms with Crippen LogP contribution < -0.4 is 4.74 Å². The highest BCUT2D eigenvalue weighted by Crippen LogP contribution is 2.32. The lowest BCUT2D eigenvalue weighted by Crippen LogP contribution is -2.09. The molecule has 1 heterocycles. The number of ether oxygens (including phenoxy) is 2. The number of allylic oxidation sites excluding steroid dienone is 4. The Hall–Kier alpha value is -2.55. The van der Waals surface area contributed by atoms with Crippen molar-refractivity contribution in [2.24, 2.45) is 0 Å². The Bertz CT molecular complexity index is 792. The molecule has 1 aliphatic heterocycles. The van der Waals surface area contributed by atoms with Crippen molar-refractivity contribution >= 4 is 12.0 Å². The summed E-state index contributed by atoms with van der Waals surface area (Å²) < 4.78 is 10.9. The van der Waals surface area contributed by atoms with E-state index in [2.05, 4.69) is 45.1 Å². The molecule has 0 aromatic heterocycles. The summed E-state index contributed by atoms with van der Waals surface area (Å²) in [4.78, 5) is 11.4. The van der Waals surface area contributed by atoms with E-state index in [1.165, 1.54) is 22.3 Å². The monoisotopic (exact) mass is 352 g/mol. The highest BCUT2D eigenvalue weighted by Gasteiger charge is 2.14. The van der Waals surface area contributed by atoms with Crippen LogP contribution >= 0.6 is 0 Å². The average molecular weight is 352 g/mol. The second-order valence-corrected chi connectivity index (χ2v) is 6.62. The zero-order chi connectivity index (χ0) is 19.1. The van der Waals surface area contributed by atoms with Crippen molar-refractivity contribution in [3.05, 3.63) is 69.8 Å². The van der Waals surface area contributed by atoms with Crippen LogP contribution in [0, 0.1) is 13.8 Å². The Balaban J connectivity index is 2.06. The molecule has 0 amide bonds. The predicted molar refractivity (Wildman–Crippen MR) is 107 cm³/mol. The maximum atomic E-state index is 11.4. The fraction of sp³-hybridized carbons (Fsp3) is 0.348. The molecular formula is C23H28O3. The second-order valence-electron chi connectivity index (χ2n) is 6.62. The van der Waals surface area contributed by atoms with E-state index >= 15 is 0 Å². The Morgan fingerprint density at radius 2 is 2.04 bits per heavy atom. The van der Waals surface area contributed by atoms with Crippen LogP contribution in [0.1, 0.15) is 43.9 Å². The van der Waals surface area contributed by atoms with E-state index in [0.717, 1.165) is 16.9 Å². The van der Waals surface area contributed by atoms with Crippen LogP contribution in [0.15, 0.2) is 53.2 Å². The van der Waals surface area contributed by atoms with Crippen LogP contribution in [-0.2, 0) is 9.53 Å². The number of aryl methyl sites for hydroxylation is 2. The van der Waals surface area contributed by atoms with Crippen LogP contribution in [0.3, 0.4) is 0 Å². The van der Waals surface area contributed by atoms with Gasteiger partial charge in [-0.25, -0.2) is 0 Å². The molecular weight excluding hydrogens is 324 g/mol. The quantitative estimate of drug-likeness (QED) is 0.502. The van der Waals surface area contributed by atoms with Crippen LogP contribution in [-0.4, -0.2) is 19.2 Å². The van der Waals surface area contributed by atoms with Crippen molar-refractivity contribution in [2.75, 3.05) is 13.2 Å². The molecule has 0 aliphatic carbocycles. The number of esters is 1. The summed E-state index contributed by atoms with van der Waals surface area (Å²) >= 11 is 0. The fourth-order valence-electron chi connectivity index (χ4n) is 2.88. The zero-order valence-electron chi connectivity index (χ0n) is 16.4. The molecule has 0 saturated heterocycles. The molecule has 26 heavy (non-hydrogen) atoms. The number of hydrogen-bond donors (Lipinski definition) is 0.